The molecule has 1 aliphatic heterocycles. The average molecular weight is 553 g/mol. The zero-order valence-corrected chi connectivity index (χ0v) is 26.4. The molecule has 6 nitrogen and oxygen atoms in total. The monoisotopic (exact) mass is 552 g/mol. The van der Waals surface area contributed by atoms with E-state index in [9.17, 15) is 9.36 Å². The second kappa shape index (κ2) is 14.7. The molecule has 0 atom stereocenters. The molecule has 0 radical (unpaired) electrons. The minimum absolute atomic E-state index is 0.266. The summed E-state index contributed by atoms with van der Waals surface area (Å²) in [7, 11) is -4.27. The van der Waals surface area contributed by atoms with Gasteiger partial charge in [0.1, 0.15) is 17.9 Å². The van der Waals surface area contributed by atoms with E-state index in [1.165, 1.54) is 11.1 Å². The molecule has 0 saturated carbocycles. The average Bonchev–Trinajstić information content (AvgIpc) is 3.21. The summed E-state index contributed by atoms with van der Waals surface area (Å²) < 4.78 is 35.5. The molecule has 1 heterocycles. The lowest BCUT2D eigenvalue weighted by Gasteiger charge is -2.22. The first-order chi connectivity index (χ1) is 17.5. The van der Waals surface area contributed by atoms with Crippen LogP contribution in [0.1, 0.15) is 86.0 Å². The third kappa shape index (κ3) is 9.09. The van der Waals surface area contributed by atoms with Crippen molar-refractivity contribution in [2.45, 2.75) is 105 Å². The van der Waals surface area contributed by atoms with E-state index < -0.39 is 15.7 Å². The number of cyclic esters (lactones) is 1. The van der Waals surface area contributed by atoms with Gasteiger partial charge in [-0.2, -0.15) is 0 Å². The SMILES string of the molecule is CCOP(=O)(CCCC/C(=C/Cc1c(CC)c(C)c2c(c1OCC[Si](C)(C)C)C(=O)OC2)CC)OCC. The Balaban J connectivity index is 2.24. The molecule has 0 aromatic heterocycles. The summed E-state index contributed by atoms with van der Waals surface area (Å²) in [5.41, 5.74) is 6.52. The Bertz CT molecular complexity index is 985. The van der Waals surface area contributed by atoms with Crippen molar-refractivity contribution in [2.75, 3.05) is 26.0 Å². The van der Waals surface area contributed by atoms with Crippen molar-refractivity contribution in [2.24, 2.45) is 0 Å². The van der Waals surface area contributed by atoms with Gasteiger partial charge in [0.2, 0.25) is 0 Å². The predicted octanol–water partition coefficient (Wildman–Crippen LogP) is 8.26. The highest BCUT2D eigenvalue weighted by Gasteiger charge is 2.32. The molecule has 1 aliphatic rings. The Morgan fingerprint density at radius 1 is 1.05 bits per heavy atom. The number of benzene rings is 1. The van der Waals surface area contributed by atoms with Gasteiger partial charge in [-0.1, -0.05) is 45.1 Å². The van der Waals surface area contributed by atoms with Crippen molar-refractivity contribution >= 4 is 21.6 Å². The second-order valence-electron chi connectivity index (χ2n) is 10.9. The first-order valence-electron chi connectivity index (χ1n) is 14.0. The van der Waals surface area contributed by atoms with E-state index >= 15 is 0 Å². The van der Waals surface area contributed by atoms with Gasteiger partial charge in [-0.15, -0.1) is 0 Å². The number of carbonyl (C=O) groups is 1. The molecule has 210 valence electrons. The molecule has 1 aromatic carbocycles. The highest BCUT2D eigenvalue weighted by atomic mass is 31.2. The summed E-state index contributed by atoms with van der Waals surface area (Å²) in [5.74, 6) is 0.469. The Labute approximate surface area is 226 Å². The largest absolute Gasteiger partial charge is 0.493 e. The number of allylic oxidation sites excluding steroid dienone is 2. The van der Waals surface area contributed by atoms with Crippen molar-refractivity contribution in [3.8, 4) is 5.75 Å². The normalized spacial score (nSPS) is 14.2. The van der Waals surface area contributed by atoms with Gasteiger partial charge >= 0.3 is 13.6 Å². The van der Waals surface area contributed by atoms with Crippen LogP contribution in [0.4, 0.5) is 0 Å². The lowest BCUT2D eigenvalue weighted by Crippen LogP contribution is -2.23. The fourth-order valence-corrected chi connectivity index (χ4v) is 7.27. The van der Waals surface area contributed by atoms with E-state index in [2.05, 4.69) is 46.5 Å². The van der Waals surface area contributed by atoms with Gasteiger partial charge in [-0.05, 0) is 76.5 Å². The van der Waals surface area contributed by atoms with Crippen LogP contribution >= 0.6 is 7.60 Å². The van der Waals surface area contributed by atoms with E-state index in [0.29, 0.717) is 38.2 Å². The Kier molecular flexibility index (Phi) is 12.6. The summed E-state index contributed by atoms with van der Waals surface area (Å²) >= 11 is 0. The Hall–Kier alpha value is -1.40. The van der Waals surface area contributed by atoms with Gasteiger partial charge in [-0.25, -0.2) is 4.79 Å². The minimum atomic E-state index is -2.99. The van der Waals surface area contributed by atoms with Crippen LogP contribution in [0.5, 0.6) is 5.75 Å². The number of carbonyl (C=O) groups excluding carboxylic acids is 1. The summed E-state index contributed by atoms with van der Waals surface area (Å²) in [5, 5.41) is 0. The fourth-order valence-electron chi connectivity index (χ4n) is 4.83. The van der Waals surface area contributed by atoms with E-state index in [1.807, 2.05) is 13.8 Å². The van der Waals surface area contributed by atoms with Crippen molar-refractivity contribution in [3.63, 3.8) is 0 Å². The molecule has 1 aromatic rings. The first-order valence-corrected chi connectivity index (χ1v) is 19.5. The van der Waals surface area contributed by atoms with Crippen molar-refractivity contribution < 1.29 is 27.9 Å². The zero-order chi connectivity index (χ0) is 27.6. The highest BCUT2D eigenvalue weighted by molar-refractivity contribution is 7.53. The molecule has 0 unspecified atom stereocenters. The van der Waals surface area contributed by atoms with Gasteiger partial charge in [0.25, 0.3) is 0 Å². The summed E-state index contributed by atoms with van der Waals surface area (Å²) in [6, 6.07) is 1.04. The standard InChI is InChI=1S/C29H49O6PSi/c1-9-23(15-13-14-19-36(31,34-11-3)35-12-4)16-17-25-24(10-2)22(5)26-21-33-29(30)27(26)28(25)32-18-20-37(6,7)8/h16H,9-15,17-21H2,1-8H3/b23-16+. The van der Waals surface area contributed by atoms with Gasteiger partial charge in [0, 0.05) is 19.2 Å². The quantitative estimate of drug-likeness (QED) is 0.0637. The smallest absolute Gasteiger partial charge is 0.342 e. The number of fused-ring (bicyclic) bond motifs is 1. The Morgan fingerprint density at radius 3 is 2.30 bits per heavy atom. The van der Waals surface area contributed by atoms with Crippen LogP contribution in [0.2, 0.25) is 25.7 Å². The maximum Gasteiger partial charge on any atom is 0.342 e. The number of hydrogen-bond donors (Lipinski definition) is 0. The molecule has 0 N–H and O–H groups in total. The second-order valence-corrected chi connectivity index (χ2v) is 18.7. The summed E-state index contributed by atoms with van der Waals surface area (Å²) in [4.78, 5) is 12.7. The first kappa shape index (κ1) is 31.8. The van der Waals surface area contributed by atoms with Crippen LogP contribution in [0.25, 0.3) is 0 Å². The molecular weight excluding hydrogens is 503 g/mol. The fraction of sp³-hybridized carbons (Fsp3) is 0.690. The highest BCUT2D eigenvalue weighted by Crippen LogP contribution is 2.49. The molecule has 2 rings (SSSR count). The third-order valence-electron chi connectivity index (χ3n) is 6.96. The molecule has 0 fully saturated rings. The van der Waals surface area contributed by atoms with Gasteiger partial charge in [-0.3, -0.25) is 4.57 Å². The Morgan fingerprint density at radius 2 is 1.73 bits per heavy atom. The van der Waals surface area contributed by atoms with Gasteiger partial charge < -0.3 is 18.5 Å². The molecule has 0 bridgehead atoms. The molecular formula is C29H49O6PSi. The molecule has 0 amide bonds. The lowest BCUT2D eigenvalue weighted by molar-refractivity contribution is 0.0532. The molecule has 37 heavy (non-hydrogen) atoms. The van der Waals surface area contributed by atoms with E-state index in [0.717, 1.165) is 67.0 Å². The molecule has 0 spiro atoms. The van der Waals surface area contributed by atoms with Crippen LogP contribution in [0, 0.1) is 6.92 Å². The van der Waals surface area contributed by atoms with E-state index in [4.69, 9.17) is 18.5 Å². The summed E-state index contributed by atoms with van der Waals surface area (Å²) in [6.45, 7) is 18.9. The van der Waals surface area contributed by atoms with E-state index in [1.54, 1.807) is 0 Å². The van der Waals surface area contributed by atoms with Crippen LogP contribution in [0.3, 0.4) is 0 Å². The number of hydrogen-bond acceptors (Lipinski definition) is 6. The van der Waals surface area contributed by atoms with Gasteiger partial charge in [0.15, 0.2) is 0 Å². The lowest BCUT2D eigenvalue weighted by atomic mass is 9.88. The topological polar surface area (TPSA) is 71.1 Å². The predicted molar refractivity (Wildman–Crippen MR) is 155 cm³/mol. The van der Waals surface area contributed by atoms with Crippen molar-refractivity contribution in [3.05, 3.63) is 39.5 Å². The molecule has 0 saturated heterocycles. The number of ether oxygens (including phenoxy) is 2. The van der Waals surface area contributed by atoms with E-state index in [-0.39, 0.29) is 5.97 Å². The molecule has 8 heteroatoms. The summed E-state index contributed by atoms with van der Waals surface area (Å²) in [6.07, 6.45) is 7.98. The van der Waals surface area contributed by atoms with Crippen LogP contribution in [-0.4, -0.2) is 40.0 Å². The zero-order valence-electron chi connectivity index (χ0n) is 24.5. The van der Waals surface area contributed by atoms with Crippen LogP contribution < -0.4 is 4.74 Å². The number of rotatable bonds is 17. The maximum absolute atomic E-state index is 12.7. The molecule has 0 aliphatic carbocycles. The third-order valence-corrected chi connectivity index (χ3v) is 10.8. The number of unbranched alkanes of at least 4 members (excludes halogenated alkanes) is 1. The maximum atomic E-state index is 12.7. The van der Waals surface area contributed by atoms with Crippen molar-refractivity contribution in [1.29, 1.82) is 0 Å². The minimum Gasteiger partial charge on any atom is -0.493 e. The number of esters is 1. The van der Waals surface area contributed by atoms with Crippen molar-refractivity contribution in [1.82, 2.24) is 0 Å². The van der Waals surface area contributed by atoms with Crippen LogP contribution in [0.15, 0.2) is 11.6 Å². The van der Waals surface area contributed by atoms with Gasteiger partial charge in [0.05, 0.1) is 26.0 Å². The van der Waals surface area contributed by atoms with Crippen LogP contribution in [-0.2, 0) is 37.8 Å².